The van der Waals surface area contributed by atoms with Crippen LogP contribution in [0.2, 0.25) is 0 Å². The number of ether oxygens (including phenoxy) is 5. The van der Waals surface area contributed by atoms with E-state index in [1.165, 1.54) is 0 Å². The molecule has 4 heterocycles. The fourth-order valence-electron chi connectivity index (χ4n) is 5.73. The molecule has 0 aromatic heterocycles. The fourth-order valence-corrected chi connectivity index (χ4v) is 5.73. The Morgan fingerprint density at radius 2 is 1.07 bits per heavy atom. The molecule has 19 nitrogen and oxygen atoms in total. The van der Waals surface area contributed by atoms with E-state index in [9.17, 15) is 71.5 Å². The maximum atomic E-state index is 12.3. The highest BCUT2D eigenvalue weighted by Crippen LogP contribution is 2.49. The van der Waals surface area contributed by atoms with Crippen molar-refractivity contribution in [1.29, 1.82) is 0 Å². The number of hydrogen-bond acceptors (Lipinski definition) is 19. The van der Waals surface area contributed by atoms with E-state index in [2.05, 4.69) is 0 Å². The van der Waals surface area contributed by atoms with Crippen molar-refractivity contribution in [2.75, 3.05) is 13.2 Å². The standard InChI is InChI=1S/C24H42O19/c1-5-9(27)12(30)15(33)20(39-5)23(37)19(36)18(42-22-17(35)14(32)11(29)7(3-25)41-22)8(4-26)43-24(23,38)21-16(34)13(31)10(28)6(2)40-21/h5-22,25-38H,3-4H2,1-2H3/t5-,6-,7+,8+,9+,10+,11-,12+,13+,14-,15-,16-,17+,18+,19-,20?,21?,22-,23-,24?/m0/s1/i20D,21D. The highest BCUT2D eigenvalue weighted by Gasteiger charge is 2.75. The first kappa shape index (κ1) is 32.2. The molecule has 0 aromatic carbocycles. The van der Waals surface area contributed by atoms with E-state index in [1.54, 1.807) is 0 Å². The molecule has 4 rings (SSSR count). The number of hydrogen-bond donors (Lipinski definition) is 14. The molecule has 0 bridgehead atoms. The molecule has 14 N–H and O–H groups in total. The van der Waals surface area contributed by atoms with Gasteiger partial charge >= 0.3 is 0 Å². The van der Waals surface area contributed by atoms with Crippen molar-refractivity contribution in [2.24, 2.45) is 0 Å². The summed E-state index contributed by atoms with van der Waals surface area (Å²) in [6, 6.07) is 0. The Bertz CT molecular complexity index is 1050. The van der Waals surface area contributed by atoms with Crippen molar-refractivity contribution in [3.8, 4) is 0 Å². The van der Waals surface area contributed by atoms with Gasteiger partial charge in [-0.2, -0.15) is 0 Å². The van der Waals surface area contributed by atoms with E-state index >= 15 is 0 Å². The van der Waals surface area contributed by atoms with Crippen LogP contribution < -0.4 is 0 Å². The SMILES string of the molecule is [2H]C1(C2(O)O[C@H](CO)[C@@H](O[C@@H]3O[C@H](CO)[C@H](O)[C@H](O)[C@H]3O)[C@H](O)[C@]2(O)C2([2H])O[C@@H](C)[C@@H](O)[C@@H](O)[C@@H]2O)O[C@@H](C)[C@@H](O)[C@@H](O)[C@@H]1O. The maximum absolute atomic E-state index is 12.3. The minimum atomic E-state index is -4.10. The van der Waals surface area contributed by atoms with Gasteiger partial charge in [-0.15, -0.1) is 0 Å². The highest BCUT2D eigenvalue weighted by atomic mass is 16.7. The molecular formula is C24H42O19. The highest BCUT2D eigenvalue weighted by molar-refractivity contribution is 5.19. The molecule has 43 heavy (non-hydrogen) atoms. The molecule has 0 amide bonds. The lowest BCUT2D eigenvalue weighted by atomic mass is 9.68. The van der Waals surface area contributed by atoms with Gasteiger partial charge in [0.05, 0.1) is 28.2 Å². The van der Waals surface area contributed by atoms with Crippen molar-refractivity contribution in [3.05, 3.63) is 0 Å². The largest absolute Gasteiger partial charge is 0.394 e. The van der Waals surface area contributed by atoms with Gasteiger partial charge in [-0.25, -0.2) is 0 Å². The predicted molar refractivity (Wildman–Crippen MR) is 131 cm³/mol. The molecular weight excluding hydrogens is 592 g/mol. The van der Waals surface area contributed by atoms with Crippen molar-refractivity contribution in [1.82, 2.24) is 0 Å². The van der Waals surface area contributed by atoms with Crippen LogP contribution >= 0.6 is 0 Å². The monoisotopic (exact) mass is 636 g/mol. The molecule has 19 heteroatoms. The number of aliphatic hydroxyl groups is 14. The smallest absolute Gasteiger partial charge is 0.230 e. The first-order valence-corrected chi connectivity index (χ1v) is 13.5. The summed E-state index contributed by atoms with van der Waals surface area (Å²) in [5.41, 5.74) is -4.09. The molecule has 0 spiro atoms. The third-order valence-corrected chi connectivity index (χ3v) is 8.45. The summed E-state index contributed by atoms with van der Waals surface area (Å²) in [5, 5.41) is 150. The molecule has 4 fully saturated rings. The molecule has 0 saturated carbocycles. The maximum Gasteiger partial charge on any atom is 0.230 e. The zero-order valence-electron chi connectivity index (χ0n) is 25.0. The average molecular weight is 637 g/mol. The van der Waals surface area contributed by atoms with Crippen LogP contribution in [0, 0.1) is 0 Å². The summed E-state index contributed by atoms with van der Waals surface area (Å²) < 4.78 is 44.8. The minimum absolute atomic E-state index is 0.932. The van der Waals surface area contributed by atoms with Crippen LogP contribution in [0.5, 0.6) is 0 Å². The van der Waals surface area contributed by atoms with Gasteiger partial charge in [-0.05, 0) is 13.8 Å². The second-order valence-corrected chi connectivity index (χ2v) is 11.2. The Kier molecular flexibility index (Phi) is 9.58. The van der Waals surface area contributed by atoms with E-state index in [1.807, 2.05) is 0 Å². The summed E-state index contributed by atoms with van der Waals surface area (Å²) in [6.45, 7) is -0.121. The first-order chi connectivity index (χ1) is 20.7. The lowest BCUT2D eigenvalue weighted by molar-refractivity contribution is -0.466. The van der Waals surface area contributed by atoms with E-state index < -0.39 is 135 Å². The second kappa shape index (κ2) is 12.8. The van der Waals surface area contributed by atoms with Crippen molar-refractivity contribution in [3.63, 3.8) is 0 Å². The summed E-state index contributed by atoms with van der Waals surface area (Å²) in [6.07, 6.45) is -41.9. The average Bonchev–Trinajstić information content (AvgIpc) is 3.00. The van der Waals surface area contributed by atoms with Crippen LogP contribution in [0.3, 0.4) is 0 Å². The Hall–Kier alpha value is -0.760. The van der Waals surface area contributed by atoms with Crippen LogP contribution in [-0.4, -0.2) is 206 Å². The van der Waals surface area contributed by atoms with Crippen molar-refractivity contribution < 1.29 is 97.9 Å². The molecule has 252 valence electrons. The Labute approximate surface area is 247 Å². The van der Waals surface area contributed by atoms with Gasteiger partial charge in [0, 0.05) is 0 Å². The van der Waals surface area contributed by atoms with Gasteiger partial charge in [-0.1, -0.05) is 0 Å². The molecule has 4 aliphatic heterocycles. The number of aliphatic hydroxyl groups excluding tert-OH is 12. The lowest BCUT2D eigenvalue weighted by Gasteiger charge is -2.61. The Balaban J connectivity index is 1.90. The normalized spacial score (nSPS) is 62.4. The van der Waals surface area contributed by atoms with E-state index in [-0.39, 0.29) is 0 Å². The van der Waals surface area contributed by atoms with Gasteiger partial charge < -0.3 is 95.2 Å². The minimum Gasteiger partial charge on any atom is -0.394 e. The summed E-state index contributed by atoms with van der Waals surface area (Å²) in [4.78, 5) is 0. The Morgan fingerprint density at radius 1 is 0.605 bits per heavy atom. The van der Waals surface area contributed by atoms with Crippen LogP contribution in [-0.2, 0) is 23.7 Å². The molecule has 0 aromatic rings. The van der Waals surface area contributed by atoms with Gasteiger partial charge in [-0.3, -0.25) is 0 Å². The Morgan fingerprint density at radius 3 is 1.58 bits per heavy atom. The quantitative estimate of drug-likeness (QED) is 0.129. The van der Waals surface area contributed by atoms with Crippen LogP contribution in [0.1, 0.15) is 16.6 Å². The lowest BCUT2D eigenvalue weighted by Crippen LogP contribution is -2.85. The topological polar surface area (TPSA) is 329 Å². The molecule has 0 aliphatic carbocycles. The van der Waals surface area contributed by atoms with Crippen LogP contribution in [0.4, 0.5) is 0 Å². The number of rotatable bonds is 6. The molecule has 20 atom stereocenters. The third-order valence-electron chi connectivity index (χ3n) is 8.45. The summed E-state index contributed by atoms with van der Waals surface area (Å²) in [5.74, 6) is -4.10. The second-order valence-electron chi connectivity index (χ2n) is 11.2. The third kappa shape index (κ3) is 5.52. The van der Waals surface area contributed by atoms with E-state index in [0.29, 0.717) is 0 Å². The van der Waals surface area contributed by atoms with Gasteiger partial charge in [0.25, 0.3) is 0 Å². The molecule has 4 aliphatic rings. The zero-order chi connectivity index (χ0) is 34.2. The fraction of sp³-hybridized carbons (Fsp3) is 1.00. The summed E-state index contributed by atoms with van der Waals surface area (Å²) in [7, 11) is 0. The van der Waals surface area contributed by atoms with Gasteiger partial charge in [0.15, 0.2) is 11.9 Å². The first-order valence-electron chi connectivity index (χ1n) is 14.5. The van der Waals surface area contributed by atoms with Gasteiger partial charge in [0.2, 0.25) is 5.79 Å². The predicted octanol–water partition coefficient (Wildman–Crippen LogP) is -8.92. The molecule has 3 unspecified atom stereocenters. The van der Waals surface area contributed by atoms with E-state index in [4.69, 9.17) is 26.4 Å². The van der Waals surface area contributed by atoms with Gasteiger partial charge in [0.1, 0.15) is 91.5 Å². The van der Waals surface area contributed by atoms with Crippen molar-refractivity contribution >= 4 is 0 Å². The summed E-state index contributed by atoms with van der Waals surface area (Å²) >= 11 is 0. The molecule has 0 radical (unpaired) electrons. The zero-order valence-corrected chi connectivity index (χ0v) is 23.0. The van der Waals surface area contributed by atoms with Crippen LogP contribution in [0.15, 0.2) is 0 Å². The van der Waals surface area contributed by atoms with Crippen LogP contribution in [0.25, 0.3) is 0 Å². The van der Waals surface area contributed by atoms with E-state index in [0.717, 1.165) is 13.8 Å². The molecule has 4 saturated heterocycles. The van der Waals surface area contributed by atoms with Crippen molar-refractivity contribution in [2.45, 2.75) is 135 Å².